The molecule has 29 heavy (non-hydrogen) atoms. The Morgan fingerprint density at radius 3 is 2.31 bits per heavy atom. The van der Waals surface area contributed by atoms with Crippen LogP contribution in [0.4, 0.5) is 5.95 Å². The second-order valence-corrected chi connectivity index (χ2v) is 7.97. The second-order valence-electron chi connectivity index (χ2n) is 7.97. The first-order valence-corrected chi connectivity index (χ1v) is 9.93. The molecule has 0 unspecified atom stereocenters. The Hall–Kier alpha value is -3.25. The number of hydrogen-bond acceptors (Lipinski definition) is 5. The number of nitrogens with zero attached hydrogens (tertiary/aromatic N) is 5. The van der Waals surface area contributed by atoms with Crippen molar-refractivity contribution in [3.63, 3.8) is 0 Å². The van der Waals surface area contributed by atoms with Gasteiger partial charge in [0, 0.05) is 30.9 Å². The van der Waals surface area contributed by atoms with Crippen molar-refractivity contribution < 1.29 is 0 Å². The van der Waals surface area contributed by atoms with Crippen molar-refractivity contribution in [2.75, 3.05) is 19.0 Å². The van der Waals surface area contributed by atoms with Crippen LogP contribution in [0.25, 0.3) is 28.2 Å². The highest BCUT2D eigenvalue weighted by Crippen LogP contribution is 2.39. The van der Waals surface area contributed by atoms with E-state index in [4.69, 9.17) is 15.7 Å². The first kappa shape index (κ1) is 17.8. The lowest BCUT2D eigenvalue weighted by Crippen LogP contribution is -2.43. The summed E-state index contributed by atoms with van der Waals surface area (Å²) in [5.41, 5.74) is 11.2. The highest BCUT2D eigenvalue weighted by Gasteiger charge is 2.34. The summed E-state index contributed by atoms with van der Waals surface area (Å²) < 4.78 is 2.10. The van der Waals surface area contributed by atoms with Gasteiger partial charge in [-0.15, -0.1) is 0 Å². The van der Waals surface area contributed by atoms with Crippen LogP contribution in [0, 0.1) is 0 Å². The van der Waals surface area contributed by atoms with E-state index in [0.29, 0.717) is 5.95 Å². The molecule has 2 aromatic heterocycles. The molecule has 6 nitrogen and oxygen atoms in total. The van der Waals surface area contributed by atoms with Crippen molar-refractivity contribution in [3.05, 3.63) is 66.4 Å². The highest BCUT2D eigenvalue weighted by atomic mass is 15.2. The van der Waals surface area contributed by atoms with Gasteiger partial charge >= 0.3 is 0 Å². The standard InChI is InChI=1S/C23H24N6/c1-28(2)22-25-15-19-21(27-22)29(20(26-19)16-7-4-3-5-8-16)18-11-9-17(10-12-18)23(24)13-6-14-23/h3-5,7-12,15H,6,13-14,24H2,1-2H3. The molecule has 0 radical (unpaired) electrons. The first-order valence-electron chi connectivity index (χ1n) is 9.93. The van der Waals surface area contributed by atoms with Gasteiger partial charge in [-0.2, -0.15) is 4.98 Å². The molecule has 1 saturated carbocycles. The van der Waals surface area contributed by atoms with E-state index in [1.165, 1.54) is 12.0 Å². The quantitative estimate of drug-likeness (QED) is 0.578. The number of nitrogens with two attached hydrogens (primary N) is 1. The lowest BCUT2D eigenvalue weighted by molar-refractivity contribution is 0.253. The number of imidazole rings is 1. The van der Waals surface area contributed by atoms with Crippen molar-refractivity contribution in [3.8, 4) is 17.1 Å². The summed E-state index contributed by atoms with van der Waals surface area (Å²) in [6, 6.07) is 18.7. The first-order chi connectivity index (χ1) is 14.0. The van der Waals surface area contributed by atoms with Crippen LogP contribution in [0.1, 0.15) is 24.8 Å². The highest BCUT2D eigenvalue weighted by molar-refractivity contribution is 5.80. The maximum atomic E-state index is 6.51. The third kappa shape index (κ3) is 2.96. The van der Waals surface area contributed by atoms with Gasteiger partial charge in [0.05, 0.1) is 6.20 Å². The average Bonchev–Trinajstić information content (AvgIpc) is 3.11. The molecule has 2 aromatic carbocycles. The number of rotatable bonds is 4. The summed E-state index contributed by atoms with van der Waals surface area (Å²) in [5.74, 6) is 1.51. The van der Waals surface area contributed by atoms with Crippen molar-refractivity contribution in [2.24, 2.45) is 5.73 Å². The van der Waals surface area contributed by atoms with E-state index in [1.807, 2.05) is 37.2 Å². The summed E-state index contributed by atoms with van der Waals surface area (Å²) in [6.45, 7) is 0. The molecular formula is C23H24N6. The fourth-order valence-electron chi connectivity index (χ4n) is 3.89. The van der Waals surface area contributed by atoms with E-state index < -0.39 is 0 Å². The topological polar surface area (TPSA) is 72.9 Å². The number of aromatic nitrogens is 4. The van der Waals surface area contributed by atoms with Crippen LogP contribution in [0.2, 0.25) is 0 Å². The zero-order chi connectivity index (χ0) is 20.0. The predicted octanol–water partition coefficient (Wildman–Crippen LogP) is 3.89. The zero-order valence-electron chi connectivity index (χ0n) is 16.7. The van der Waals surface area contributed by atoms with Crippen LogP contribution in [0.15, 0.2) is 60.8 Å². The number of fused-ring (bicyclic) bond motifs is 1. The van der Waals surface area contributed by atoms with Crippen molar-refractivity contribution in [1.29, 1.82) is 0 Å². The van der Waals surface area contributed by atoms with E-state index in [0.717, 1.165) is 41.1 Å². The Kier molecular flexibility index (Phi) is 4.10. The molecule has 6 heteroatoms. The minimum atomic E-state index is -0.169. The molecule has 1 aliphatic carbocycles. The van der Waals surface area contributed by atoms with Gasteiger partial charge in [-0.1, -0.05) is 42.5 Å². The molecule has 0 spiro atoms. The summed E-state index contributed by atoms with van der Waals surface area (Å²) in [7, 11) is 3.88. The average molecular weight is 384 g/mol. The van der Waals surface area contributed by atoms with E-state index in [1.54, 1.807) is 6.20 Å². The van der Waals surface area contributed by atoms with E-state index in [2.05, 4.69) is 45.9 Å². The van der Waals surface area contributed by atoms with Gasteiger partial charge in [0.15, 0.2) is 5.65 Å². The maximum Gasteiger partial charge on any atom is 0.226 e. The van der Waals surface area contributed by atoms with E-state index in [-0.39, 0.29) is 5.54 Å². The van der Waals surface area contributed by atoms with E-state index >= 15 is 0 Å². The Bertz CT molecular complexity index is 1160. The second kappa shape index (κ2) is 6.67. The molecule has 5 rings (SSSR count). The fourth-order valence-corrected chi connectivity index (χ4v) is 3.89. The molecular weight excluding hydrogens is 360 g/mol. The smallest absolute Gasteiger partial charge is 0.226 e. The predicted molar refractivity (Wildman–Crippen MR) is 116 cm³/mol. The Balaban J connectivity index is 1.70. The molecule has 4 aromatic rings. The van der Waals surface area contributed by atoms with Crippen LogP contribution in [-0.2, 0) is 5.54 Å². The van der Waals surface area contributed by atoms with E-state index in [9.17, 15) is 0 Å². The molecule has 2 heterocycles. The minimum absolute atomic E-state index is 0.169. The van der Waals surface area contributed by atoms with Crippen LogP contribution in [-0.4, -0.2) is 33.6 Å². The molecule has 0 saturated heterocycles. The maximum absolute atomic E-state index is 6.51. The van der Waals surface area contributed by atoms with Gasteiger partial charge in [-0.05, 0) is 37.0 Å². The Labute approximate surface area is 170 Å². The van der Waals surface area contributed by atoms with Crippen LogP contribution < -0.4 is 10.6 Å². The molecule has 146 valence electrons. The Morgan fingerprint density at radius 2 is 1.69 bits per heavy atom. The van der Waals surface area contributed by atoms with Gasteiger partial charge in [0.25, 0.3) is 0 Å². The lowest BCUT2D eigenvalue weighted by atomic mass is 9.73. The zero-order valence-corrected chi connectivity index (χ0v) is 16.7. The molecule has 0 amide bonds. The molecule has 1 fully saturated rings. The lowest BCUT2D eigenvalue weighted by Gasteiger charge is -2.38. The molecule has 0 bridgehead atoms. The summed E-state index contributed by atoms with van der Waals surface area (Å²) in [6.07, 6.45) is 5.09. The van der Waals surface area contributed by atoms with Crippen molar-refractivity contribution in [1.82, 2.24) is 19.5 Å². The summed E-state index contributed by atoms with van der Waals surface area (Å²) >= 11 is 0. The third-order valence-electron chi connectivity index (χ3n) is 5.77. The van der Waals surface area contributed by atoms with Gasteiger partial charge < -0.3 is 10.6 Å². The van der Waals surface area contributed by atoms with Crippen LogP contribution in [0.5, 0.6) is 0 Å². The third-order valence-corrected chi connectivity index (χ3v) is 5.77. The van der Waals surface area contributed by atoms with Gasteiger partial charge in [-0.3, -0.25) is 4.57 Å². The monoisotopic (exact) mass is 384 g/mol. The normalized spacial score (nSPS) is 15.3. The van der Waals surface area contributed by atoms with Crippen LogP contribution in [0.3, 0.4) is 0 Å². The summed E-state index contributed by atoms with van der Waals surface area (Å²) in [4.78, 5) is 16.0. The SMILES string of the molecule is CN(C)c1ncc2nc(-c3ccccc3)n(-c3ccc(C4(N)CCC4)cc3)c2n1. The molecule has 0 aliphatic heterocycles. The van der Waals surface area contributed by atoms with Crippen LogP contribution >= 0.6 is 0 Å². The molecule has 2 N–H and O–H groups in total. The number of benzene rings is 2. The molecule has 0 atom stereocenters. The largest absolute Gasteiger partial charge is 0.347 e. The van der Waals surface area contributed by atoms with Crippen molar-refractivity contribution in [2.45, 2.75) is 24.8 Å². The fraction of sp³-hybridized carbons (Fsp3) is 0.261. The Morgan fingerprint density at radius 1 is 0.966 bits per heavy atom. The minimum Gasteiger partial charge on any atom is -0.347 e. The molecule has 1 aliphatic rings. The van der Waals surface area contributed by atoms with Gasteiger partial charge in [0.2, 0.25) is 5.95 Å². The van der Waals surface area contributed by atoms with Gasteiger partial charge in [-0.25, -0.2) is 9.97 Å². The van der Waals surface area contributed by atoms with Gasteiger partial charge in [0.1, 0.15) is 11.3 Å². The van der Waals surface area contributed by atoms with Crippen molar-refractivity contribution >= 4 is 17.1 Å². The number of hydrogen-bond donors (Lipinski definition) is 1. The number of anilines is 1. The summed E-state index contributed by atoms with van der Waals surface area (Å²) in [5, 5.41) is 0.